The lowest BCUT2D eigenvalue weighted by Gasteiger charge is -2.25. The topological polar surface area (TPSA) is 81.9 Å². The lowest BCUT2D eigenvalue weighted by atomic mass is 9.95. The van der Waals surface area contributed by atoms with E-state index in [9.17, 15) is 9.59 Å². The molecule has 0 saturated heterocycles. The largest absolute Gasteiger partial charge is 0.497 e. The van der Waals surface area contributed by atoms with E-state index in [2.05, 4.69) is 11.2 Å². The average molecular weight is 586 g/mol. The third kappa shape index (κ3) is 5.34. The molecule has 1 aliphatic rings. The molecule has 0 unspecified atom stereocenters. The minimum absolute atomic E-state index is 0.0926. The lowest BCUT2D eigenvalue weighted by Crippen LogP contribution is -2.40. The molecule has 1 atom stereocenters. The quantitative estimate of drug-likeness (QED) is 0.271. The van der Waals surface area contributed by atoms with Gasteiger partial charge in [-0.15, -0.1) is 6.42 Å². The fourth-order valence-electron chi connectivity index (χ4n) is 5.26. The number of nitrogens with one attached hydrogen (secondary N) is 1. The number of hydrogen-bond donors (Lipinski definition) is 1. The van der Waals surface area contributed by atoms with E-state index >= 15 is 0 Å². The molecule has 2 heterocycles. The van der Waals surface area contributed by atoms with Crippen LogP contribution in [0, 0.1) is 12.3 Å². The number of hydrogen-bond acceptors (Lipinski definition) is 6. The summed E-state index contributed by atoms with van der Waals surface area (Å²) in [5, 5.41) is 4.90. The highest BCUT2D eigenvalue weighted by Crippen LogP contribution is 2.33. The van der Waals surface area contributed by atoms with Gasteiger partial charge in [-0.25, -0.2) is 4.99 Å². The SMILES string of the molecule is C#CCOc1ccc2ccccc2c1/C=c1\sc2n(c1=O)[C@H](c1cccc(OC)c1)C(C(=O)Nc1ccccc1)=C(C)N=2. The Morgan fingerprint density at radius 2 is 1.86 bits per heavy atom. The number of terminal acetylenes is 1. The number of nitrogens with zero attached hydrogens (tertiary/aromatic N) is 2. The first-order chi connectivity index (χ1) is 21.0. The Labute approximate surface area is 252 Å². The van der Waals surface area contributed by atoms with E-state index in [1.165, 1.54) is 11.3 Å². The second kappa shape index (κ2) is 11.8. The van der Waals surface area contributed by atoms with E-state index in [1.807, 2.05) is 97.1 Å². The maximum absolute atomic E-state index is 14.3. The van der Waals surface area contributed by atoms with Gasteiger partial charge >= 0.3 is 0 Å². The smallest absolute Gasteiger partial charge is 0.271 e. The number of aromatic nitrogens is 1. The predicted molar refractivity (Wildman–Crippen MR) is 170 cm³/mol. The Balaban J connectivity index is 1.56. The van der Waals surface area contributed by atoms with Crippen molar-refractivity contribution in [2.75, 3.05) is 19.0 Å². The number of para-hydroxylation sites is 1. The van der Waals surface area contributed by atoms with E-state index in [0.717, 1.165) is 21.9 Å². The van der Waals surface area contributed by atoms with Crippen LogP contribution in [0.1, 0.15) is 24.1 Å². The number of thiazole rings is 1. The highest BCUT2D eigenvalue weighted by atomic mass is 32.1. The van der Waals surface area contributed by atoms with Gasteiger partial charge in [-0.3, -0.25) is 14.2 Å². The molecule has 0 saturated carbocycles. The summed E-state index contributed by atoms with van der Waals surface area (Å²) in [5.74, 6) is 3.36. The van der Waals surface area contributed by atoms with E-state index in [4.69, 9.17) is 20.9 Å². The maximum atomic E-state index is 14.3. The highest BCUT2D eigenvalue weighted by molar-refractivity contribution is 7.07. The van der Waals surface area contributed by atoms with Crippen molar-refractivity contribution in [3.05, 3.63) is 133 Å². The lowest BCUT2D eigenvalue weighted by molar-refractivity contribution is -0.113. The van der Waals surface area contributed by atoms with Gasteiger partial charge in [0.05, 0.1) is 29.0 Å². The molecule has 4 aromatic carbocycles. The van der Waals surface area contributed by atoms with Crippen molar-refractivity contribution in [1.29, 1.82) is 0 Å². The maximum Gasteiger partial charge on any atom is 0.271 e. The van der Waals surface area contributed by atoms with Crippen LogP contribution < -0.4 is 29.7 Å². The molecule has 0 aliphatic carbocycles. The number of fused-ring (bicyclic) bond motifs is 2. The van der Waals surface area contributed by atoms with E-state index < -0.39 is 6.04 Å². The number of methoxy groups -OCH3 is 1. The summed E-state index contributed by atoms with van der Waals surface area (Å²) in [5.41, 5.74) is 2.74. The van der Waals surface area contributed by atoms with Gasteiger partial charge in [0.15, 0.2) is 4.80 Å². The number of anilines is 1. The van der Waals surface area contributed by atoms with Crippen LogP contribution in [0.25, 0.3) is 16.8 Å². The standard InChI is InChI=1S/C35H27N3O4S/c1-4-19-42-29-18-17-23-11-8-9-16-27(23)28(29)21-30-34(40)38-32(24-12-10-15-26(20-24)41-3)31(22(2)36-35(38)43-30)33(39)37-25-13-6-5-7-14-25/h1,5-18,20-21,32H,19H2,2-3H3,(H,37,39)/b30-21-/t32-/m1/s1. The van der Waals surface area contributed by atoms with Gasteiger partial charge < -0.3 is 14.8 Å². The van der Waals surface area contributed by atoms with Crippen molar-refractivity contribution >= 4 is 39.8 Å². The Kier molecular flexibility index (Phi) is 7.65. The zero-order valence-corrected chi connectivity index (χ0v) is 24.4. The molecule has 7 nitrogen and oxygen atoms in total. The van der Waals surface area contributed by atoms with Crippen LogP contribution in [0.15, 0.2) is 112 Å². The predicted octanol–water partition coefficient (Wildman–Crippen LogP) is 5.05. The number of carbonyl (C=O) groups excluding carboxylic acids is 1. The Morgan fingerprint density at radius 3 is 2.65 bits per heavy atom. The average Bonchev–Trinajstić information content (AvgIpc) is 3.34. The van der Waals surface area contributed by atoms with Crippen molar-refractivity contribution < 1.29 is 14.3 Å². The van der Waals surface area contributed by atoms with Gasteiger partial charge in [-0.1, -0.05) is 77.9 Å². The van der Waals surface area contributed by atoms with Gasteiger partial charge in [-0.05, 0) is 59.7 Å². The molecular weight excluding hydrogens is 558 g/mol. The summed E-state index contributed by atoms with van der Waals surface area (Å²) in [7, 11) is 1.58. The van der Waals surface area contributed by atoms with Crippen LogP contribution in [-0.4, -0.2) is 24.2 Å². The van der Waals surface area contributed by atoms with Gasteiger partial charge in [0.2, 0.25) is 0 Å². The van der Waals surface area contributed by atoms with Crippen molar-refractivity contribution in [2.24, 2.45) is 4.99 Å². The van der Waals surface area contributed by atoms with Crippen LogP contribution >= 0.6 is 11.3 Å². The Hall–Kier alpha value is -5.39. The van der Waals surface area contributed by atoms with E-state index in [0.29, 0.717) is 37.8 Å². The van der Waals surface area contributed by atoms with Crippen LogP contribution in [0.4, 0.5) is 5.69 Å². The molecular formula is C35H27N3O4S. The number of amides is 1. The van der Waals surface area contributed by atoms with Crippen LogP contribution in [0.3, 0.4) is 0 Å². The summed E-state index contributed by atoms with van der Waals surface area (Å²) in [6, 6.07) is 27.6. The number of ether oxygens (including phenoxy) is 2. The van der Waals surface area contributed by atoms with Crippen molar-refractivity contribution in [3.8, 4) is 23.8 Å². The molecule has 1 amide bonds. The molecule has 0 spiro atoms. The highest BCUT2D eigenvalue weighted by Gasteiger charge is 2.33. The Bertz CT molecular complexity index is 2120. The van der Waals surface area contributed by atoms with Crippen molar-refractivity contribution in [3.63, 3.8) is 0 Å². The minimum Gasteiger partial charge on any atom is -0.497 e. The molecule has 1 N–H and O–H groups in total. The summed E-state index contributed by atoms with van der Waals surface area (Å²) in [6.45, 7) is 1.88. The van der Waals surface area contributed by atoms with Crippen molar-refractivity contribution in [1.82, 2.24) is 4.57 Å². The number of carbonyl (C=O) groups is 1. The fourth-order valence-corrected chi connectivity index (χ4v) is 6.29. The number of benzene rings is 4. The molecule has 1 aliphatic heterocycles. The third-order valence-electron chi connectivity index (χ3n) is 7.22. The van der Waals surface area contributed by atoms with Crippen LogP contribution in [0.5, 0.6) is 11.5 Å². The molecule has 0 fully saturated rings. The zero-order chi connectivity index (χ0) is 29.9. The monoisotopic (exact) mass is 585 g/mol. The normalized spacial score (nSPS) is 14.5. The molecule has 5 aromatic rings. The molecule has 6 rings (SSSR count). The third-order valence-corrected chi connectivity index (χ3v) is 8.21. The molecule has 1 aromatic heterocycles. The van der Waals surface area contributed by atoms with Crippen LogP contribution in [0.2, 0.25) is 0 Å². The number of allylic oxidation sites excluding steroid dienone is 1. The Morgan fingerprint density at radius 1 is 1.07 bits per heavy atom. The summed E-state index contributed by atoms with van der Waals surface area (Å²) >= 11 is 1.26. The zero-order valence-electron chi connectivity index (χ0n) is 23.5. The molecule has 0 radical (unpaired) electrons. The van der Waals surface area contributed by atoms with E-state index in [1.54, 1.807) is 18.6 Å². The first-order valence-corrected chi connectivity index (χ1v) is 14.4. The molecule has 8 heteroatoms. The first-order valence-electron chi connectivity index (χ1n) is 13.6. The summed E-state index contributed by atoms with van der Waals surface area (Å²) in [4.78, 5) is 33.3. The molecule has 43 heavy (non-hydrogen) atoms. The van der Waals surface area contributed by atoms with Gasteiger partial charge in [0.1, 0.15) is 18.1 Å². The van der Waals surface area contributed by atoms with Gasteiger partial charge in [-0.2, -0.15) is 0 Å². The fraction of sp³-hybridized carbons (Fsp3) is 0.114. The summed E-state index contributed by atoms with van der Waals surface area (Å²) < 4.78 is 13.4. The molecule has 212 valence electrons. The van der Waals surface area contributed by atoms with Crippen LogP contribution in [-0.2, 0) is 4.79 Å². The van der Waals surface area contributed by atoms with Gasteiger partial charge in [0.25, 0.3) is 11.5 Å². The molecule has 0 bridgehead atoms. The minimum atomic E-state index is -0.734. The van der Waals surface area contributed by atoms with E-state index in [-0.39, 0.29) is 18.1 Å². The second-order valence-electron chi connectivity index (χ2n) is 9.87. The van der Waals surface area contributed by atoms with Crippen molar-refractivity contribution in [2.45, 2.75) is 13.0 Å². The summed E-state index contributed by atoms with van der Waals surface area (Å²) in [6.07, 6.45) is 7.30. The van der Waals surface area contributed by atoms with Gasteiger partial charge in [0, 0.05) is 11.3 Å². The second-order valence-corrected chi connectivity index (χ2v) is 10.9. The first kappa shape index (κ1) is 27.8. The number of rotatable bonds is 7.